The van der Waals surface area contributed by atoms with E-state index in [2.05, 4.69) is 10.3 Å². The molecule has 1 N–H and O–H groups in total. The third-order valence-corrected chi connectivity index (χ3v) is 6.70. The van der Waals surface area contributed by atoms with Gasteiger partial charge in [0.25, 0.3) is 15.9 Å². The second kappa shape index (κ2) is 6.25. The molecule has 1 amide bonds. The number of hydrogen-bond donors (Lipinski definition) is 1. The maximum absolute atomic E-state index is 12.4. The first-order chi connectivity index (χ1) is 12.0. The normalized spacial score (nSPS) is 15.7. The molecule has 130 valence electrons. The summed E-state index contributed by atoms with van der Waals surface area (Å²) in [7, 11) is -3.67. The fraction of sp³-hybridized carbons (Fsp3) is 0.250. The van der Waals surface area contributed by atoms with Crippen LogP contribution in [0.25, 0.3) is 10.2 Å². The van der Waals surface area contributed by atoms with Crippen LogP contribution in [0.2, 0.25) is 0 Å². The monoisotopic (exact) mass is 377 g/mol. The molecule has 1 fully saturated rings. The van der Waals surface area contributed by atoms with Crippen LogP contribution < -0.4 is 5.32 Å². The SMILES string of the molecule is O=C(Nc1nc2ccccc2s1)c1ccc(S(=O)(=O)N2CCCC2)o1. The van der Waals surface area contributed by atoms with Crippen LogP contribution in [0.1, 0.15) is 23.4 Å². The predicted octanol–water partition coefficient (Wildman–Crippen LogP) is 2.93. The van der Waals surface area contributed by atoms with Gasteiger partial charge in [-0.3, -0.25) is 10.1 Å². The van der Waals surface area contributed by atoms with Gasteiger partial charge in [0, 0.05) is 13.1 Å². The van der Waals surface area contributed by atoms with Gasteiger partial charge in [-0.25, -0.2) is 13.4 Å². The number of furan rings is 1. The van der Waals surface area contributed by atoms with Crippen molar-refractivity contribution in [1.82, 2.24) is 9.29 Å². The van der Waals surface area contributed by atoms with Gasteiger partial charge in [-0.05, 0) is 37.1 Å². The van der Waals surface area contributed by atoms with Crippen molar-refractivity contribution < 1.29 is 17.6 Å². The predicted molar refractivity (Wildman–Crippen MR) is 94.3 cm³/mol. The number of nitrogens with zero attached hydrogens (tertiary/aromatic N) is 2. The highest BCUT2D eigenvalue weighted by molar-refractivity contribution is 7.89. The first kappa shape index (κ1) is 16.2. The molecule has 7 nitrogen and oxygen atoms in total. The van der Waals surface area contributed by atoms with E-state index in [9.17, 15) is 13.2 Å². The zero-order valence-corrected chi connectivity index (χ0v) is 14.8. The summed E-state index contributed by atoms with van der Waals surface area (Å²) in [6.45, 7) is 0.965. The van der Waals surface area contributed by atoms with Crippen molar-refractivity contribution in [3.63, 3.8) is 0 Å². The Morgan fingerprint density at radius 3 is 2.68 bits per heavy atom. The zero-order chi connectivity index (χ0) is 17.4. The zero-order valence-electron chi connectivity index (χ0n) is 13.1. The lowest BCUT2D eigenvalue weighted by molar-refractivity contribution is 0.0991. The summed E-state index contributed by atoms with van der Waals surface area (Å²) in [5, 5.41) is 2.88. The van der Waals surface area contributed by atoms with E-state index >= 15 is 0 Å². The number of amides is 1. The Labute approximate surface area is 148 Å². The molecule has 1 aliphatic heterocycles. The van der Waals surface area contributed by atoms with Crippen molar-refractivity contribution in [2.24, 2.45) is 0 Å². The number of aromatic nitrogens is 1. The van der Waals surface area contributed by atoms with E-state index in [-0.39, 0.29) is 10.9 Å². The lowest BCUT2D eigenvalue weighted by Gasteiger charge is -2.12. The van der Waals surface area contributed by atoms with Crippen LogP contribution in [0.5, 0.6) is 0 Å². The number of fused-ring (bicyclic) bond motifs is 1. The topological polar surface area (TPSA) is 92.5 Å². The summed E-state index contributed by atoms with van der Waals surface area (Å²) in [6, 6.07) is 10.2. The fourth-order valence-electron chi connectivity index (χ4n) is 2.72. The van der Waals surface area contributed by atoms with Gasteiger partial charge in [0.05, 0.1) is 10.2 Å². The second-order valence-electron chi connectivity index (χ2n) is 5.67. The third kappa shape index (κ3) is 3.06. The summed E-state index contributed by atoms with van der Waals surface area (Å²) in [6.07, 6.45) is 1.68. The van der Waals surface area contributed by atoms with Crippen molar-refractivity contribution in [2.45, 2.75) is 17.9 Å². The molecular formula is C16H15N3O4S2. The second-order valence-corrected chi connectivity index (χ2v) is 8.57. The van der Waals surface area contributed by atoms with E-state index in [0.29, 0.717) is 18.2 Å². The number of rotatable bonds is 4. The Balaban J connectivity index is 1.54. The lowest BCUT2D eigenvalue weighted by Crippen LogP contribution is -2.27. The van der Waals surface area contributed by atoms with Gasteiger partial charge in [0.2, 0.25) is 5.09 Å². The van der Waals surface area contributed by atoms with E-state index in [1.807, 2.05) is 24.3 Å². The molecule has 4 rings (SSSR count). The molecule has 0 bridgehead atoms. The highest BCUT2D eigenvalue weighted by atomic mass is 32.2. The number of nitrogens with one attached hydrogen (secondary N) is 1. The molecule has 1 saturated heterocycles. The first-order valence-corrected chi connectivity index (χ1v) is 10.1. The number of para-hydroxylation sites is 1. The van der Waals surface area contributed by atoms with Crippen LogP contribution in [0.15, 0.2) is 45.9 Å². The number of benzene rings is 1. The highest BCUT2D eigenvalue weighted by Gasteiger charge is 2.30. The maximum atomic E-state index is 12.4. The highest BCUT2D eigenvalue weighted by Crippen LogP contribution is 2.27. The minimum atomic E-state index is -3.67. The summed E-state index contributed by atoms with van der Waals surface area (Å²) >= 11 is 1.34. The largest absolute Gasteiger partial charge is 0.438 e. The Morgan fingerprint density at radius 1 is 1.16 bits per heavy atom. The van der Waals surface area contributed by atoms with Gasteiger partial charge in [0.15, 0.2) is 10.9 Å². The molecular weight excluding hydrogens is 362 g/mol. The molecule has 0 aliphatic carbocycles. The van der Waals surface area contributed by atoms with Crippen LogP contribution >= 0.6 is 11.3 Å². The average Bonchev–Trinajstić information content (AvgIpc) is 3.33. The molecule has 2 aromatic heterocycles. The van der Waals surface area contributed by atoms with Crippen LogP contribution in [-0.2, 0) is 10.0 Å². The molecule has 0 unspecified atom stereocenters. The number of sulfonamides is 1. The Morgan fingerprint density at radius 2 is 1.92 bits per heavy atom. The first-order valence-electron chi connectivity index (χ1n) is 7.81. The number of carbonyl (C=O) groups excluding carboxylic acids is 1. The summed E-state index contributed by atoms with van der Waals surface area (Å²) in [4.78, 5) is 16.6. The van der Waals surface area contributed by atoms with Crippen LogP contribution in [0.4, 0.5) is 5.13 Å². The van der Waals surface area contributed by atoms with Gasteiger partial charge in [-0.2, -0.15) is 4.31 Å². The summed E-state index contributed by atoms with van der Waals surface area (Å²) < 4.78 is 32.5. The lowest BCUT2D eigenvalue weighted by atomic mass is 10.3. The van der Waals surface area contributed by atoms with Gasteiger partial charge >= 0.3 is 0 Å². The molecule has 0 spiro atoms. The number of anilines is 1. The van der Waals surface area contributed by atoms with Crippen LogP contribution in [0.3, 0.4) is 0 Å². The molecule has 3 heterocycles. The molecule has 1 aliphatic rings. The Kier molecular flexibility index (Phi) is 4.06. The van der Waals surface area contributed by atoms with Crippen molar-refractivity contribution in [3.8, 4) is 0 Å². The van der Waals surface area contributed by atoms with Gasteiger partial charge < -0.3 is 4.42 Å². The maximum Gasteiger partial charge on any atom is 0.293 e. The molecule has 0 saturated carbocycles. The number of carbonyl (C=O) groups is 1. The molecule has 25 heavy (non-hydrogen) atoms. The van der Waals surface area contributed by atoms with Crippen LogP contribution in [0, 0.1) is 0 Å². The molecule has 0 atom stereocenters. The minimum Gasteiger partial charge on any atom is -0.438 e. The third-order valence-electron chi connectivity index (χ3n) is 3.98. The van der Waals surface area contributed by atoms with E-state index in [1.54, 1.807) is 0 Å². The summed E-state index contributed by atoms with van der Waals surface area (Å²) in [5.74, 6) is -0.584. The molecule has 9 heteroatoms. The van der Waals surface area contributed by atoms with E-state index in [4.69, 9.17) is 4.42 Å². The van der Waals surface area contributed by atoms with Gasteiger partial charge in [-0.15, -0.1) is 0 Å². The quantitative estimate of drug-likeness (QED) is 0.755. The van der Waals surface area contributed by atoms with E-state index in [0.717, 1.165) is 23.1 Å². The van der Waals surface area contributed by atoms with Gasteiger partial charge in [-0.1, -0.05) is 23.5 Å². The van der Waals surface area contributed by atoms with E-state index in [1.165, 1.54) is 27.8 Å². The van der Waals surface area contributed by atoms with Crippen LogP contribution in [-0.4, -0.2) is 36.7 Å². The fourth-order valence-corrected chi connectivity index (χ4v) is 5.01. The molecule has 3 aromatic rings. The van der Waals surface area contributed by atoms with Crippen molar-refractivity contribution >= 4 is 42.6 Å². The van der Waals surface area contributed by atoms with Crippen molar-refractivity contribution in [2.75, 3.05) is 18.4 Å². The van der Waals surface area contributed by atoms with Gasteiger partial charge in [0.1, 0.15) is 0 Å². The Bertz CT molecular complexity index is 1000. The Hall–Kier alpha value is -2.23. The molecule has 1 aromatic carbocycles. The van der Waals surface area contributed by atoms with Crippen molar-refractivity contribution in [1.29, 1.82) is 0 Å². The summed E-state index contributed by atoms with van der Waals surface area (Å²) in [5.41, 5.74) is 0.791. The van der Waals surface area contributed by atoms with Crippen molar-refractivity contribution in [3.05, 3.63) is 42.2 Å². The minimum absolute atomic E-state index is 0.0583. The molecule has 0 radical (unpaired) electrons. The average molecular weight is 377 g/mol. The number of thiazole rings is 1. The number of hydrogen-bond acceptors (Lipinski definition) is 6. The van der Waals surface area contributed by atoms with E-state index < -0.39 is 15.9 Å². The smallest absolute Gasteiger partial charge is 0.293 e. The standard InChI is InChI=1S/C16H15N3O4S2/c20-15(18-16-17-11-5-1-2-6-13(11)24-16)12-7-8-14(23-12)25(21,22)19-9-3-4-10-19/h1-2,5-8H,3-4,9-10H2,(H,17,18,20).